The summed E-state index contributed by atoms with van der Waals surface area (Å²) in [6.45, 7) is 3.60. The van der Waals surface area contributed by atoms with Crippen molar-refractivity contribution in [2.24, 2.45) is 0 Å². The molecule has 0 aliphatic rings. The van der Waals surface area contributed by atoms with E-state index >= 15 is 0 Å². The van der Waals surface area contributed by atoms with Gasteiger partial charge in [-0.15, -0.1) is 0 Å². The minimum atomic E-state index is -0.867. The lowest BCUT2D eigenvalue weighted by atomic mass is 9.99. The highest BCUT2D eigenvalue weighted by molar-refractivity contribution is 5.76. The number of carbonyl (C=O) groups excluding carboxylic acids is 1. The molecule has 0 aromatic heterocycles. The Kier molecular flexibility index (Phi) is 4.26. The number of allylic oxidation sites excluding steroid dienone is 1. The molecule has 1 rings (SSSR count). The molecule has 0 radical (unpaired) electrons. The lowest BCUT2D eigenvalue weighted by Crippen LogP contribution is -2.04. The summed E-state index contributed by atoms with van der Waals surface area (Å²) >= 11 is 0. The van der Waals surface area contributed by atoms with E-state index in [0.717, 1.165) is 11.3 Å². The van der Waals surface area contributed by atoms with Crippen molar-refractivity contribution in [3.8, 4) is 5.75 Å². The molecule has 16 heavy (non-hydrogen) atoms. The molecule has 0 amide bonds. The van der Waals surface area contributed by atoms with E-state index < -0.39 is 6.10 Å². The molecule has 0 aliphatic heterocycles. The Hall–Kier alpha value is -1.61. The molecule has 1 aromatic carbocycles. The van der Waals surface area contributed by atoms with Gasteiger partial charge in [0.15, 0.2) is 0 Å². The Balaban J connectivity index is 3.00. The molecule has 0 heterocycles. The summed E-state index contributed by atoms with van der Waals surface area (Å²) in [4.78, 5) is 10.8. The maximum absolute atomic E-state index is 10.8. The number of hydrogen-bond acceptors (Lipinski definition) is 3. The van der Waals surface area contributed by atoms with Crippen LogP contribution in [0.25, 0.3) is 0 Å². The van der Waals surface area contributed by atoms with Crippen LogP contribution >= 0.6 is 0 Å². The van der Waals surface area contributed by atoms with E-state index in [0.29, 0.717) is 17.4 Å². The number of aldehydes is 1. The molecule has 0 unspecified atom stereocenters. The van der Waals surface area contributed by atoms with Gasteiger partial charge in [-0.2, -0.15) is 0 Å². The molecule has 0 bridgehead atoms. The molecular weight excluding hydrogens is 204 g/mol. The number of rotatable bonds is 4. The predicted octanol–water partition coefficient (Wildman–Crippen LogP) is 2.26. The van der Waals surface area contributed by atoms with Gasteiger partial charge in [0.05, 0.1) is 7.11 Å². The number of methoxy groups -OCH3 is 1. The molecule has 1 aromatic rings. The van der Waals surface area contributed by atoms with Crippen LogP contribution in [0.5, 0.6) is 5.75 Å². The second kappa shape index (κ2) is 5.47. The molecule has 0 saturated carbocycles. The molecule has 0 fully saturated rings. The van der Waals surface area contributed by atoms with E-state index in [1.54, 1.807) is 45.2 Å². The Morgan fingerprint density at radius 3 is 2.25 bits per heavy atom. The summed E-state index contributed by atoms with van der Waals surface area (Å²) in [7, 11) is 1.58. The molecule has 1 N–H and O–H groups in total. The fourth-order valence-electron chi connectivity index (χ4n) is 1.42. The van der Waals surface area contributed by atoms with Crippen molar-refractivity contribution in [2.75, 3.05) is 7.11 Å². The summed E-state index contributed by atoms with van der Waals surface area (Å²) in [5.74, 6) is 0.723. The highest BCUT2D eigenvalue weighted by Crippen LogP contribution is 2.24. The minimum Gasteiger partial charge on any atom is -0.497 e. The van der Waals surface area contributed by atoms with Gasteiger partial charge in [-0.25, -0.2) is 0 Å². The normalized spacial score (nSPS) is 11.8. The van der Waals surface area contributed by atoms with E-state index in [1.165, 1.54) is 0 Å². The van der Waals surface area contributed by atoms with Gasteiger partial charge >= 0.3 is 0 Å². The minimum absolute atomic E-state index is 0.408. The topological polar surface area (TPSA) is 46.5 Å². The van der Waals surface area contributed by atoms with Crippen molar-refractivity contribution in [3.63, 3.8) is 0 Å². The smallest absolute Gasteiger partial charge is 0.148 e. The van der Waals surface area contributed by atoms with Crippen LogP contribution in [0.2, 0.25) is 0 Å². The summed E-state index contributed by atoms with van der Waals surface area (Å²) in [6, 6.07) is 7.00. The maximum atomic E-state index is 10.8. The number of hydrogen-bond donors (Lipinski definition) is 1. The zero-order valence-corrected chi connectivity index (χ0v) is 9.73. The average molecular weight is 220 g/mol. The third-order valence-electron chi connectivity index (χ3n) is 2.43. The van der Waals surface area contributed by atoms with Crippen LogP contribution in [0.3, 0.4) is 0 Å². The van der Waals surface area contributed by atoms with Crippen LogP contribution in [-0.2, 0) is 4.79 Å². The monoisotopic (exact) mass is 220 g/mol. The summed E-state index contributed by atoms with van der Waals surface area (Å²) in [5, 5.41) is 9.98. The SMILES string of the molecule is COc1ccc([C@H](O)C(C=O)=C(C)C)cc1. The van der Waals surface area contributed by atoms with Crippen molar-refractivity contribution < 1.29 is 14.6 Å². The first-order chi connectivity index (χ1) is 7.60. The van der Waals surface area contributed by atoms with Crippen LogP contribution in [0.4, 0.5) is 0 Å². The molecule has 1 atom stereocenters. The van der Waals surface area contributed by atoms with Crippen LogP contribution in [0.15, 0.2) is 35.4 Å². The highest BCUT2D eigenvalue weighted by Gasteiger charge is 2.13. The third-order valence-corrected chi connectivity index (χ3v) is 2.43. The molecule has 3 nitrogen and oxygen atoms in total. The zero-order valence-electron chi connectivity index (χ0n) is 9.73. The first-order valence-corrected chi connectivity index (χ1v) is 5.04. The summed E-state index contributed by atoms with van der Waals surface area (Å²) < 4.78 is 5.02. The van der Waals surface area contributed by atoms with E-state index in [2.05, 4.69) is 0 Å². The van der Waals surface area contributed by atoms with Crippen LogP contribution < -0.4 is 4.74 Å². The van der Waals surface area contributed by atoms with Crippen molar-refractivity contribution in [1.29, 1.82) is 0 Å². The lowest BCUT2D eigenvalue weighted by molar-refractivity contribution is -0.105. The van der Waals surface area contributed by atoms with E-state index in [1.807, 2.05) is 0 Å². The van der Waals surface area contributed by atoms with Gasteiger partial charge in [-0.3, -0.25) is 4.79 Å². The third kappa shape index (κ3) is 2.70. The molecule has 0 saturated heterocycles. The van der Waals surface area contributed by atoms with Crippen molar-refractivity contribution in [3.05, 3.63) is 41.0 Å². The van der Waals surface area contributed by atoms with Gasteiger partial charge in [-0.1, -0.05) is 17.7 Å². The molecular formula is C13H16O3. The van der Waals surface area contributed by atoms with Crippen LogP contribution in [0.1, 0.15) is 25.5 Å². The fraction of sp³-hybridized carbons (Fsp3) is 0.308. The van der Waals surface area contributed by atoms with E-state index in [9.17, 15) is 9.90 Å². The quantitative estimate of drug-likeness (QED) is 0.625. The number of carbonyl (C=O) groups is 1. The second-order valence-corrected chi connectivity index (χ2v) is 3.75. The number of aliphatic hydroxyl groups excluding tert-OH is 1. The van der Waals surface area contributed by atoms with Gasteiger partial charge in [0.25, 0.3) is 0 Å². The van der Waals surface area contributed by atoms with Crippen LogP contribution in [0, 0.1) is 0 Å². The average Bonchev–Trinajstić information content (AvgIpc) is 2.29. The Morgan fingerprint density at radius 2 is 1.88 bits per heavy atom. The first-order valence-electron chi connectivity index (χ1n) is 5.04. The van der Waals surface area contributed by atoms with Crippen molar-refractivity contribution in [1.82, 2.24) is 0 Å². The molecule has 0 spiro atoms. The van der Waals surface area contributed by atoms with Gasteiger partial charge < -0.3 is 9.84 Å². The predicted molar refractivity (Wildman–Crippen MR) is 62.4 cm³/mol. The highest BCUT2D eigenvalue weighted by atomic mass is 16.5. The number of aliphatic hydroxyl groups is 1. The number of ether oxygens (including phenoxy) is 1. The first kappa shape index (κ1) is 12.5. The zero-order chi connectivity index (χ0) is 12.1. The van der Waals surface area contributed by atoms with Crippen molar-refractivity contribution in [2.45, 2.75) is 20.0 Å². The Bertz CT molecular complexity index is 386. The summed E-state index contributed by atoms with van der Waals surface area (Å²) in [5.41, 5.74) is 1.91. The van der Waals surface area contributed by atoms with E-state index in [4.69, 9.17) is 4.74 Å². The fourth-order valence-corrected chi connectivity index (χ4v) is 1.42. The van der Waals surface area contributed by atoms with Crippen molar-refractivity contribution >= 4 is 6.29 Å². The standard InChI is InChI=1S/C13H16O3/c1-9(2)12(8-14)13(15)10-4-6-11(16-3)7-5-10/h4-8,13,15H,1-3H3/t13-/m0/s1. The number of benzene rings is 1. The molecule has 3 heteroatoms. The summed E-state index contributed by atoms with van der Waals surface area (Å²) in [6.07, 6.45) is -0.169. The van der Waals surface area contributed by atoms with Gasteiger partial charge in [0, 0.05) is 5.57 Å². The maximum Gasteiger partial charge on any atom is 0.148 e. The van der Waals surface area contributed by atoms with E-state index in [-0.39, 0.29) is 0 Å². The Morgan fingerprint density at radius 1 is 1.31 bits per heavy atom. The largest absolute Gasteiger partial charge is 0.497 e. The Labute approximate surface area is 95.4 Å². The molecule has 86 valence electrons. The molecule has 0 aliphatic carbocycles. The van der Waals surface area contributed by atoms with Gasteiger partial charge in [0.2, 0.25) is 0 Å². The van der Waals surface area contributed by atoms with Crippen LogP contribution in [-0.4, -0.2) is 18.5 Å². The van der Waals surface area contributed by atoms with Gasteiger partial charge in [0.1, 0.15) is 18.1 Å². The second-order valence-electron chi connectivity index (χ2n) is 3.75. The van der Waals surface area contributed by atoms with Gasteiger partial charge in [-0.05, 0) is 31.5 Å². The lowest BCUT2D eigenvalue weighted by Gasteiger charge is -2.12.